The van der Waals surface area contributed by atoms with Gasteiger partial charge in [0.25, 0.3) is 0 Å². The van der Waals surface area contributed by atoms with Crippen LogP contribution < -0.4 is 0 Å². The first-order valence-electron chi connectivity index (χ1n) is 10.4. The molecule has 0 aliphatic heterocycles. The molecule has 0 amide bonds. The van der Waals surface area contributed by atoms with E-state index in [1.165, 1.54) is 11.8 Å². The van der Waals surface area contributed by atoms with Crippen LogP contribution in [0.5, 0.6) is 0 Å². The van der Waals surface area contributed by atoms with Crippen LogP contribution in [-0.2, 0) is 13.1 Å². The molecule has 0 unspecified atom stereocenters. The average molecular weight is 447 g/mol. The summed E-state index contributed by atoms with van der Waals surface area (Å²) in [6, 6.07) is 14.0. The molecule has 0 radical (unpaired) electrons. The number of hydrogen-bond acceptors (Lipinski definition) is 5. The highest BCUT2D eigenvalue weighted by molar-refractivity contribution is 7.99. The number of benzene rings is 1. The first-order valence-corrected chi connectivity index (χ1v) is 11.4. The van der Waals surface area contributed by atoms with Crippen molar-refractivity contribution in [2.75, 3.05) is 5.75 Å². The lowest BCUT2D eigenvalue weighted by atomic mass is 10.2. The summed E-state index contributed by atoms with van der Waals surface area (Å²) in [5.74, 6) is 1.89. The molecule has 32 heavy (non-hydrogen) atoms. The van der Waals surface area contributed by atoms with Gasteiger partial charge in [0.15, 0.2) is 16.8 Å². The summed E-state index contributed by atoms with van der Waals surface area (Å²) in [7, 11) is 0. The van der Waals surface area contributed by atoms with Crippen LogP contribution in [0.25, 0.3) is 11.4 Å². The first-order chi connectivity index (χ1) is 15.5. The molecule has 1 aromatic carbocycles. The molecule has 4 rings (SSSR count). The molecule has 4 aromatic rings. The van der Waals surface area contributed by atoms with Gasteiger partial charge in [0.1, 0.15) is 5.76 Å². The van der Waals surface area contributed by atoms with Gasteiger partial charge in [-0.25, -0.2) is 0 Å². The quantitative estimate of drug-likeness (QED) is 0.194. The Morgan fingerprint density at radius 2 is 1.91 bits per heavy atom. The smallest absolute Gasteiger partial charge is 0.192 e. The maximum absolute atomic E-state index is 13.0. The molecule has 164 valence electrons. The molecule has 0 aliphatic rings. The molecule has 0 N–H and O–H groups in total. The Morgan fingerprint density at radius 1 is 1.12 bits per heavy atom. The maximum atomic E-state index is 13.0. The Hall–Kier alpha value is -3.32. The monoisotopic (exact) mass is 446 g/mol. The van der Waals surface area contributed by atoms with E-state index in [1.807, 2.05) is 61.7 Å². The third kappa shape index (κ3) is 4.34. The number of thioether (sulfide) groups is 1. The number of aromatic nitrogens is 4. The highest BCUT2D eigenvalue weighted by Gasteiger charge is 2.20. The fourth-order valence-corrected chi connectivity index (χ4v) is 4.64. The van der Waals surface area contributed by atoms with E-state index in [1.54, 1.807) is 6.26 Å². The average Bonchev–Trinajstić information content (AvgIpc) is 3.46. The minimum absolute atomic E-state index is 0.0775. The molecule has 6 nitrogen and oxygen atoms in total. The van der Waals surface area contributed by atoms with E-state index in [0.29, 0.717) is 18.2 Å². The fraction of sp³-hybridized carbons (Fsp3) is 0.240. The van der Waals surface area contributed by atoms with Gasteiger partial charge < -0.3 is 8.98 Å². The van der Waals surface area contributed by atoms with Crippen LogP contribution in [0.15, 0.2) is 71.0 Å². The van der Waals surface area contributed by atoms with Gasteiger partial charge in [-0.05, 0) is 38.5 Å². The standard InChI is InChI=1S/C25H26N4O2S/c1-5-12-28-17(2)14-22(18(28)3)23(30)16-32-25-27-26-24(21-11-13-31-19(21)4)29(25)15-20-9-7-6-8-10-20/h5-11,13-14H,1,12,15-16H2,2-4H3. The van der Waals surface area contributed by atoms with Crippen molar-refractivity contribution in [1.29, 1.82) is 0 Å². The highest BCUT2D eigenvalue weighted by atomic mass is 32.2. The molecule has 3 aromatic heterocycles. The topological polar surface area (TPSA) is 65.8 Å². The summed E-state index contributed by atoms with van der Waals surface area (Å²) in [6.07, 6.45) is 3.50. The van der Waals surface area contributed by atoms with Crippen molar-refractivity contribution >= 4 is 17.5 Å². The van der Waals surface area contributed by atoms with Crippen molar-refractivity contribution in [2.24, 2.45) is 0 Å². The second-order valence-electron chi connectivity index (χ2n) is 7.66. The number of allylic oxidation sites excluding steroid dienone is 1. The minimum atomic E-state index is 0.0775. The predicted molar refractivity (Wildman–Crippen MR) is 127 cm³/mol. The summed E-state index contributed by atoms with van der Waals surface area (Å²) in [5, 5.41) is 9.55. The maximum Gasteiger partial charge on any atom is 0.192 e. The molecule has 3 heterocycles. The van der Waals surface area contributed by atoms with Crippen LogP contribution in [0.3, 0.4) is 0 Å². The lowest BCUT2D eigenvalue weighted by Crippen LogP contribution is -2.08. The van der Waals surface area contributed by atoms with E-state index >= 15 is 0 Å². The van der Waals surface area contributed by atoms with Gasteiger partial charge >= 0.3 is 0 Å². The molecule has 0 aliphatic carbocycles. The summed E-state index contributed by atoms with van der Waals surface area (Å²) < 4.78 is 9.63. The van der Waals surface area contributed by atoms with E-state index in [4.69, 9.17) is 4.42 Å². The van der Waals surface area contributed by atoms with Crippen molar-refractivity contribution in [2.45, 2.75) is 39.0 Å². The van der Waals surface area contributed by atoms with Crippen molar-refractivity contribution < 1.29 is 9.21 Å². The summed E-state index contributed by atoms with van der Waals surface area (Å²) in [5.41, 5.74) is 4.81. The Kier molecular flexibility index (Phi) is 6.46. The zero-order valence-electron chi connectivity index (χ0n) is 18.5. The Morgan fingerprint density at radius 3 is 2.59 bits per heavy atom. The number of carbonyl (C=O) groups is 1. The SMILES string of the molecule is C=CCn1c(C)cc(C(=O)CSc2nnc(-c3ccoc3C)n2Cc2ccccc2)c1C. The fourth-order valence-electron chi connectivity index (χ4n) is 3.82. The lowest BCUT2D eigenvalue weighted by Gasteiger charge is -2.10. The van der Waals surface area contributed by atoms with Crippen molar-refractivity contribution in [3.8, 4) is 11.4 Å². The molecule has 0 saturated carbocycles. The Balaban J connectivity index is 1.60. The number of ketones is 1. The number of carbonyl (C=O) groups excluding carboxylic acids is 1. The van der Waals surface area contributed by atoms with Crippen LogP contribution in [0.1, 0.15) is 33.1 Å². The number of rotatable bonds is 9. The molecular weight excluding hydrogens is 420 g/mol. The number of Topliss-reactive ketones (excluding diaryl/α,β-unsaturated/α-hetero) is 1. The second-order valence-corrected chi connectivity index (χ2v) is 8.61. The van der Waals surface area contributed by atoms with Gasteiger partial charge in [-0.2, -0.15) is 0 Å². The third-order valence-corrected chi connectivity index (χ3v) is 6.48. The van der Waals surface area contributed by atoms with E-state index < -0.39 is 0 Å². The number of nitrogens with zero attached hydrogens (tertiary/aromatic N) is 4. The van der Waals surface area contributed by atoms with Crippen LogP contribution in [-0.4, -0.2) is 30.9 Å². The molecular formula is C25H26N4O2S. The van der Waals surface area contributed by atoms with Crippen molar-refractivity contribution in [3.05, 3.63) is 89.7 Å². The van der Waals surface area contributed by atoms with Crippen LogP contribution in [0, 0.1) is 20.8 Å². The normalized spacial score (nSPS) is 11.1. The van der Waals surface area contributed by atoms with E-state index in [-0.39, 0.29) is 11.5 Å². The molecule has 0 saturated heterocycles. The van der Waals surface area contributed by atoms with Crippen molar-refractivity contribution in [1.82, 2.24) is 19.3 Å². The molecule has 7 heteroatoms. The summed E-state index contributed by atoms with van der Waals surface area (Å²) >= 11 is 1.41. The number of aryl methyl sites for hydroxylation is 2. The summed E-state index contributed by atoms with van der Waals surface area (Å²) in [6.45, 7) is 11.0. The number of hydrogen-bond donors (Lipinski definition) is 0. The van der Waals surface area contributed by atoms with Crippen molar-refractivity contribution in [3.63, 3.8) is 0 Å². The van der Waals surface area contributed by atoms with Crippen LogP contribution in [0.4, 0.5) is 0 Å². The molecule has 0 atom stereocenters. The van der Waals surface area contributed by atoms with Gasteiger partial charge in [0.2, 0.25) is 0 Å². The number of furan rings is 1. The van der Waals surface area contributed by atoms with Gasteiger partial charge in [-0.3, -0.25) is 9.36 Å². The van der Waals surface area contributed by atoms with E-state index in [0.717, 1.165) is 39.7 Å². The van der Waals surface area contributed by atoms with E-state index in [9.17, 15) is 4.79 Å². The van der Waals surface area contributed by atoms with Gasteiger partial charge in [-0.1, -0.05) is 48.2 Å². The zero-order valence-corrected chi connectivity index (χ0v) is 19.4. The largest absolute Gasteiger partial charge is 0.469 e. The molecule has 0 bridgehead atoms. The first kappa shape index (κ1) is 21.9. The molecule has 0 spiro atoms. The summed E-state index contributed by atoms with van der Waals surface area (Å²) in [4.78, 5) is 13.0. The van der Waals surface area contributed by atoms with Crippen LogP contribution in [0.2, 0.25) is 0 Å². The lowest BCUT2D eigenvalue weighted by molar-refractivity contribution is 0.102. The zero-order chi connectivity index (χ0) is 22.7. The van der Waals surface area contributed by atoms with Gasteiger partial charge in [-0.15, -0.1) is 16.8 Å². The van der Waals surface area contributed by atoms with Gasteiger partial charge in [0.05, 0.1) is 24.1 Å². The Bertz CT molecular complexity index is 1250. The third-order valence-electron chi connectivity index (χ3n) is 5.52. The predicted octanol–water partition coefficient (Wildman–Crippen LogP) is 5.47. The van der Waals surface area contributed by atoms with E-state index in [2.05, 4.69) is 33.5 Å². The molecule has 0 fully saturated rings. The minimum Gasteiger partial charge on any atom is -0.469 e. The Labute approximate surface area is 192 Å². The van der Waals surface area contributed by atoms with Crippen LogP contribution >= 0.6 is 11.8 Å². The highest BCUT2D eigenvalue weighted by Crippen LogP contribution is 2.29. The second kappa shape index (κ2) is 9.44. The van der Waals surface area contributed by atoms with Gasteiger partial charge in [0, 0.05) is 23.5 Å².